The third kappa shape index (κ3) is 20.2. The maximum absolute atomic E-state index is 9.97. The molecule has 0 atom stereocenters. The van der Waals surface area contributed by atoms with Crippen molar-refractivity contribution in [2.24, 2.45) is 0 Å². The second-order valence-corrected chi connectivity index (χ2v) is 6.19. The van der Waals surface area contributed by atoms with Crippen LogP contribution in [0.1, 0.15) is 16.7 Å². The molecule has 168 valence electrons. The van der Waals surface area contributed by atoms with Crippen LogP contribution in [0.3, 0.4) is 0 Å². The molecule has 0 saturated heterocycles. The number of aliphatic carboxylic acids is 3. The van der Waals surface area contributed by atoms with Crippen molar-refractivity contribution in [3.05, 3.63) is 126 Å². The number of carboxylic acid groups (broad SMARTS) is 3. The first-order valence-electron chi connectivity index (χ1n) is 9.69. The summed E-state index contributed by atoms with van der Waals surface area (Å²) in [7, 11) is 0. The molecule has 35 heavy (non-hydrogen) atoms. The molecule has 0 N–H and O–H groups in total. The predicted octanol–water partition coefficient (Wildman–Crippen LogP) is -2.03. The van der Waals surface area contributed by atoms with Gasteiger partial charge in [-0.3, -0.25) is 0 Å². The zero-order valence-electron chi connectivity index (χ0n) is 19.3. The molecular formula is C27H21MgNaO6. The fourth-order valence-corrected chi connectivity index (χ4v) is 2.19. The Kier molecular flexibility index (Phi) is 21.1. The fraction of sp³-hybridized carbons (Fsp3) is 0. The molecule has 0 spiro atoms. The Labute approximate surface area is 242 Å². The van der Waals surface area contributed by atoms with E-state index in [1.165, 1.54) is 18.2 Å². The van der Waals surface area contributed by atoms with Crippen LogP contribution in [0.5, 0.6) is 0 Å². The van der Waals surface area contributed by atoms with E-state index in [9.17, 15) is 29.7 Å². The van der Waals surface area contributed by atoms with Gasteiger partial charge in [-0.15, -0.1) is 0 Å². The van der Waals surface area contributed by atoms with E-state index in [1.807, 2.05) is 91.0 Å². The molecule has 0 bridgehead atoms. The van der Waals surface area contributed by atoms with E-state index >= 15 is 0 Å². The third-order valence-electron chi connectivity index (χ3n) is 3.63. The fourth-order valence-electron chi connectivity index (χ4n) is 2.19. The molecule has 0 radical (unpaired) electrons. The van der Waals surface area contributed by atoms with Gasteiger partial charge in [-0.25, -0.2) is 0 Å². The Balaban J connectivity index is 0. The smallest absolute Gasteiger partial charge is 0.545 e. The normalized spacial score (nSPS) is 9.60. The Morgan fingerprint density at radius 2 is 0.657 bits per heavy atom. The van der Waals surface area contributed by atoms with E-state index in [-0.39, 0.29) is 52.6 Å². The van der Waals surface area contributed by atoms with Crippen molar-refractivity contribution in [2.45, 2.75) is 0 Å². The first kappa shape index (κ1) is 34.2. The van der Waals surface area contributed by atoms with Gasteiger partial charge in [-0.1, -0.05) is 109 Å². The largest absolute Gasteiger partial charge is 2.00 e. The molecule has 0 aliphatic carbocycles. The Morgan fingerprint density at radius 3 is 0.829 bits per heavy atom. The summed E-state index contributed by atoms with van der Waals surface area (Å²) in [5.74, 6) is -3.52. The van der Waals surface area contributed by atoms with Crippen molar-refractivity contribution in [2.75, 3.05) is 0 Å². The minimum atomic E-state index is -1.17. The van der Waals surface area contributed by atoms with Gasteiger partial charge in [0.1, 0.15) is 0 Å². The monoisotopic (exact) mass is 488 g/mol. The van der Waals surface area contributed by atoms with Crippen LogP contribution in [0.25, 0.3) is 18.2 Å². The number of carbonyl (C=O) groups excluding carboxylic acids is 3. The van der Waals surface area contributed by atoms with Crippen molar-refractivity contribution in [3.8, 4) is 0 Å². The van der Waals surface area contributed by atoms with E-state index in [1.54, 1.807) is 0 Å². The molecule has 3 aromatic rings. The second kappa shape index (κ2) is 21.6. The molecule has 3 rings (SSSR count). The third-order valence-corrected chi connectivity index (χ3v) is 3.63. The molecule has 0 aromatic heterocycles. The molecule has 0 aliphatic rings. The summed E-state index contributed by atoms with van der Waals surface area (Å²) in [6.45, 7) is 0. The van der Waals surface area contributed by atoms with Crippen LogP contribution >= 0.6 is 0 Å². The van der Waals surface area contributed by atoms with E-state index < -0.39 is 17.9 Å². The Hall–Kier alpha value is -2.94. The average molecular weight is 489 g/mol. The molecule has 6 nitrogen and oxygen atoms in total. The first-order valence-corrected chi connectivity index (χ1v) is 9.69. The minimum absolute atomic E-state index is 0. The number of carboxylic acids is 3. The summed E-state index contributed by atoms with van der Waals surface area (Å²) in [6, 6.07) is 27.6. The van der Waals surface area contributed by atoms with Gasteiger partial charge >= 0.3 is 52.6 Å². The molecule has 0 aliphatic heterocycles. The summed E-state index contributed by atoms with van der Waals surface area (Å²) in [6.07, 6.45) is 7.51. The minimum Gasteiger partial charge on any atom is -0.545 e. The van der Waals surface area contributed by atoms with Gasteiger partial charge in [0, 0.05) is 0 Å². The number of carbonyl (C=O) groups is 3. The average Bonchev–Trinajstić information content (AvgIpc) is 2.83. The summed E-state index contributed by atoms with van der Waals surface area (Å²) in [5.41, 5.74) is 2.57. The Morgan fingerprint density at radius 1 is 0.457 bits per heavy atom. The number of hydrogen-bond acceptors (Lipinski definition) is 6. The predicted molar refractivity (Wildman–Crippen MR) is 127 cm³/mol. The molecule has 0 unspecified atom stereocenters. The van der Waals surface area contributed by atoms with Gasteiger partial charge in [-0.05, 0) is 34.9 Å². The standard InChI is InChI=1S/3C9H8O2.Mg.Na/c3*10-9(11)7-6-8-4-2-1-3-5-8;;/h3*1-7H,(H,10,11);;/q;;;+2;+1/p-3. The van der Waals surface area contributed by atoms with E-state index in [4.69, 9.17) is 0 Å². The van der Waals surface area contributed by atoms with Crippen LogP contribution < -0.4 is 44.9 Å². The quantitative estimate of drug-likeness (QED) is 0.292. The molecular weight excluding hydrogens is 468 g/mol. The van der Waals surface area contributed by atoms with Gasteiger partial charge in [0.25, 0.3) is 0 Å². The maximum atomic E-state index is 9.97. The molecule has 8 heteroatoms. The number of rotatable bonds is 6. The van der Waals surface area contributed by atoms with Crippen LogP contribution in [-0.2, 0) is 14.4 Å². The van der Waals surface area contributed by atoms with Gasteiger partial charge in [0.05, 0.1) is 17.9 Å². The summed E-state index contributed by atoms with van der Waals surface area (Å²) >= 11 is 0. The molecule has 3 aromatic carbocycles. The first-order chi connectivity index (χ1) is 15.9. The van der Waals surface area contributed by atoms with Crippen molar-refractivity contribution >= 4 is 59.2 Å². The molecule has 0 fully saturated rings. The van der Waals surface area contributed by atoms with Crippen molar-refractivity contribution < 1.29 is 59.3 Å². The Bertz CT molecular complexity index is 941. The van der Waals surface area contributed by atoms with Crippen LogP contribution in [0.4, 0.5) is 0 Å². The van der Waals surface area contributed by atoms with E-state index in [0.29, 0.717) is 0 Å². The van der Waals surface area contributed by atoms with Gasteiger partial charge < -0.3 is 29.7 Å². The van der Waals surface area contributed by atoms with Crippen molar-refractivity contribution in [3.63, 3.8) is 0 Å². The SMILES string of the molecule is O=C([O-])C=Cc1ccccc1.O=C([O-])C=Cc1ccccc1.O=C([O-])C=Cc1ccccc1.[Mg+2].[Na+]. The summed E-state index contributed by atoms with van der Waals surface area (Å²) in [4.78, 5) is 29.9. The molecule has 0 amide bonds. The van der Waals surface area contributed by atoms with Crippen LogP contribution in [0.2, 0.25) is 0 Å². The van der Waals surface area contributed by atoms with E-state index in [2.05, 4.69) is 0 Å². The van der Waals surface area contributed by atoms with Crippen molar-refractivity contribution in [1.29, 1.82) is 0 Å². The van der Waals surface area contributed by atoms with Crippen LogP contribution in [-0.4, -0.2) is 41.0 Å². The zero-order valence-corrected chi connectivity index (χ0v) is 22.7. The summed E-state index contributed by atoms with van der Waals surface area (Å²) in [5, 5.41) is 29.9. The zero-order chi connectivity index (χ0) is 24.3. The van der Waals surface area contributed by atoms with Gasteiger partial charge in [-0.2, -0.15) is 0 Å². The van der Waals surface area contributed by atoms with Crippen molar-refractivity contribution in [1.82, 2.24) is 0 Å². The maximum Gasteiger partial charge on any atom is 2.00 e. The van der Waals surface area contributed by atoms with Gasteiger partial charge in [0.15, 0.2) is 0 Å². The second-order valence-electron chi connectivity index (χ2n) is 6.19. The van der Waals surface area contributed by atoms with E-state index in [0.717, 1.165) is 34.9 Å². The molecule has 0 heterocycles. The van der Waals surface area contributed by atoms with Crippen LogP contribution in [0.15, 0.2) is 109 Å². The molecule has 0 saturated carbocycles. The topological polar surface area (TPSA) is 120 Å². The number of hydrogen-bond donors (Lipinski definition) is 0. The van der Waals surface area contributed by atoms with Gasteiger partial charge in [0.2, 0.25) is 0 Å². The summed E-state index contributed by atoms with van der Waals surface area (Å²) < 4.78 is 0. The van der Waals surface area contributed by atoms with Crippen LogP contribution in [0, 0.1) is 0 Å². The number of benzene rings is 3.